The quantitative estimate of drug-likeness (QED) is 0.143. The largest absolute Gasteiger partial charge is 0.416 e. The number of amides is 2. The number of imidazole rings is 1. The summed E-state index contributed by atoms with van der Waals surface area (Å²) in [6.45, 7) is 3.50. The number of rotatable bonds is 8. The summed E-state index contributed by atoms with van der Waals surface area (Å²) in [6, 6.07) is 16.7. The Labute approximate surface area is 231 Å². The van der Waals surface area contributed by atoms with Crippen LogP contribution in [0.2, 0.25) is 5.02 Å². The Kier molecular flexibility index (Phi) is 8.71. The molecule has 1 atom stereocenters. The number of fused-ring (bicyclic) bond motifs is 1. The number of aromatic nitrogens is 2. The molecule has 39 heavy (non-hydrogen) atoms. The van der Waals surface area contributed by atoms with E-state index in [0.29, 0.717) is 11.3 Å². The molecule has 0 radical (unpaired) electrons. The average Bonchev–Trinajstić information content (AvgIpc) is 3.32. The zero-order chi connectivity index (χ0) is 28.2. The highest BCUT2D eigenvalue weighted by molar-refractivity contribution is 7.98. The number of hydrazine groups is 1. The zero-order valence-electron chi connectivity index (χ0n) is 20.9. The van der Waals surface area contributed by atoms with Gasteiger partial charge in [-0.05, 0) is 53.9 Å². The lowest BCUT2D eigenvalue weighted by Gasteiger charge is -2.23. The standard InChI is InChI=1S/C27H25ClF3N5O2S/c1-15(2)23(32-20-12-11-18(13-19(20)28)27(29,30)31)25(38)36-35-24(37)17-9-7-16(8-10-17)14-39-26-33-21-5-3-4-6-22(21)34-26/h3-13,15,23,32H,14H2,1-2H3,(H,33,34)(H,35,37)(H,36,38). The van der Waals surface area contributed by atoms with Crippen molar-refractivity contribution < 1.29 is 22.8 Å². The first-order valence-corrected chi connectivity index (χ1v) is 13.3. The van der Waals surface area contributed by atoms with Crippen molar-refractivity contribution in [2.45, 2.75) is 37.0 Å². The molecular weight excluding hydrogens is 551 g/mol. The van der Waals surface area contributed by atoms with Crippen molar-refractivity contribution in [1.29, 1.82) is 0 Å². The lowest BCUT2D eigenvalue weighted by molar-refractivity contribution is -0.137. The van der Waals surface area contributed by atoms with Crippen LogP contribution in [0.4, 0.5) is 18.9 Å². The normalized spacial score (nSPS) is 12.4. The van der Waals surface area contributed by atoms with Gasteiger partial charge in [0.2, 0.25) is 0 Å². The van der Waals surface area contributed by atoms with Crippen molar-refractivity contribution in [1.82, 2.24) is 20.8 Å². The summed E-state index contributed by atoms with van der Waals surface area (Å²) < 4.78 is 38.7. The second-order valence-corrected chi connectivity index (χ2v) is 10.4. The molecule has 3 aromatic carbocycles. The molecule has 4 aromatic rings. The van der Waals surface area contributed by atoms with Gasteiger partial charge in [0.05, 0.1) is 27.3 Å². The highest BCUT2D eigenvalue weighted by Gasteiger charge is 2.31. The van der Waals surface area contributed by atoms with E-state index in [9.17, 15) is 22.8 Å². The minimum atomic E-state index is -4.53. The van der Waals surface area contributed by atoms with E-state index in [1.807, 2.05) is 36.4 Å². The molecule has 0 spiro atoms. The minimum absolute atomic E-state index is 0.168. The van der Waals surface area contributed by atoms with E-state index in [-0.39, 0.29) is 16.6 Å². The number of para-hydroxylation sites is 2. The van der Waals surface area contributed by atoms with Crippen molar-refractivity contribution in [2.24, 2.45) is 5.92 Å². The third-order valence-corrected chi connectivity index (χ3v) is 7.07. The van der Waals surface area contributed by atoms with E-state index in [2.05, 4.69) is 26.1 Å². The highest BCUT2D eigenvalue weighted by Crippen LogP contribution is 2.34. The van der Waals surface area contributed by atoms with Gasteiger partial charge in [0.15, 0.2) is 5.16 Å². The molecule has 12 heteroatoms. The smallest absolute Gasteiger partial charge is 0.372 e. The van der Waals surface area contributed by atoms with Gasteiger partial charge < -0.3 is 10.3 Å². The lowest BCUT2D eigenvalue weighted by Crippen LogP contribution is -2.50. The number of alkyl halides is 3. The Balaban J connectivity index is 1.31. The van der Waals surface area contributed by atoms with Crippen LogP contribution < -0.4 is 16.2 Å². The molecule has 0 saturated heterocycles. The van der Waals surface area contributed by atoms with Gasteiger partial charge in [-0.3, -0.25) is 20.4 Å². The van der Waals surface area contributed by atoms with Gasteiger partial charge >= 0.3 is 6.18 Å². The maximum atomic E-state index is 12.9. The van der Waals surface area contributed by atoms with E-state index in [4.69, 9.17) is 11.6 Å². The number of thioether (sulfide) groups is 1. The number of nitrogens with zero attached hydrogens (tertiary/aromatic N) is 1. The second kappa shape index (κ2) is 12.0. The predicted octanol–water partition coefficient (Wildman–Crippen LogP) is 6.43. The molecule has 0 aliphatic heterocycles. The summed E-state index contributed by atoms with van der Waals surface area (Å²) in [4.78, 5) is 33.1. The van der Waals surface area contributed by atoms with Crippen LogP contribution >= 0.6 is 23.4 Å². The summed E-state index contributed by atoms with van der Waals surface area (Å²) >= 11 is 7.56. The van der Waals surface area contributed by atoms with Gasteiger partial charge in [-0.25, -0.2) is 4.98 Å². The topological polar surface area (TPSA) is 98.9 Å². The Morgan fingerprint density at radius 1 is 1.03 bits per heavy atom. The molecule has 0 saturated carbocycles. The molecule has 1 aromatic heterocycles. The molecule has 0 bridgehead atoms. The van der Waals surface area contributed by atoms with Crippen molar-refractivity contribution in [3.8, 4) is 0 Å². The van der Waals surface area contributed by atoms with E-state index in [0.717, 1.165) is 33.9 Å². The lowest BCUT2D eigenvalue weighted by atomic mass is 10.0. The van der Waals surface area contributed by atoms with E-state index in [1.165, 1.54) is 6.07 Å². The van der Waals surface area contributed by atoms with Crippen LogP contribution in [0.5, 0.6) is 0 Å². The summed E-state index contributed by atoms with van der Waals surface area (Å²) in [6.07, 6.45) is -4.53. The number of anilines is 1. The van der Waals surface area contributed by atoms with Crippen molar-refractivity contribution in [3.63, 3.8) is 0 Å². The maximum absolute atomic E-state index is 12.9. The van der Waals surface area contributed by atoms with Crippen LogP contribution in [-0.4, -0.2) is 27.8 Å². The van der Waals surface area contributed by atoms with Crippen LogP contribution in [0, 0.1) is 5.92 Å². The third kappa shape index (κ3) is 7.24. The molecular formula is C27H25ClF3N5O2S. The Morgan fingerprint density at radius 2 is 1.74 bits per heavy atom. The monoisotopic (exact) mass is 575 g/mol. The van der Waals surface area contributed by atoms with E-state index >= 15 is 0 Å². The predicted molar refractivity (Wildman–Crippen MR) is 146 cm³/mol. The van der Waals surface area contributed by atoms with E-state index in [1.54, 1.807) is 37.7 Å². The molecule has 1 unspecified atom stereocenters. The second-order valence-electron chi connectivity index (χ2n) is 9.05. The van der Waals surface area contributed by atoms with Gasteiger partial charge in [0, 0.05) is 11.3 Å². The van der Waals surface area contributed by atoms with Crippen LogP contribution in [0.25, 0.3) is 11.0 Å². The van der Waals surface area contributed by atoms with Crippen LogP contribution in [-0.2, 0) is 16.7 Å². The molecule has 2 amide bonds. The number of hydrogen-bond donors (Lipinski definition) is 4. The molecule has 4 N–H and O–H groups in total. The van der Waals surface area contributed by atoms with Gasteiger partial charge in [-0.1, -0.05) is 61.5 Å². The highest BCUT2D eigenvalue weighted by atomic mass is 35.5. The number of H-pyrrole nitrogens is 1. The number of carbonyl (C=O) groups excluding carboxylic acids is 2. The first-order valence-electron chi connectivity index (χ1n) is 11.9. The molecule has 0 fully saturated rings. The van der Waals surface area contributed by atoms with Crippen molar-refractivity contribution in [2.75, 3.05) is 5.32 Å². The van der Waals surface area contributed by atoms with Gasteiger partial charge in [-0.2, -0.15) is 13.2 Å². The number of hydrogen-bond acceptors (Lipinski definition) is 5. The first kappa shape index (κ1) is 28.3. The molecule has 0 aliphatic carbocycles. The van der Waals surface area contributed by atoms with Crippen LogP contribution in [0.1, 0.15) is 35.3 Å². The van der Waals surface area contributed by atoms with Gasteiger partial charge in [0.25, 0.3) is 11.8 Å². The molecule has 7 nitrogen and oxygen atoms in total. The number of carbonyl (C=O) groups is 2. The minimum Gasteiger partial charge on any atom is -0.372 e. The molecule has 1 heterocycles. The van der Waals surface area contributed by atoms with Crippen molar-refractivity contribution >= 4 is 51.9 Å². The zero-order valence-corrected chi connectivity index (χ0v) is 22.5. The Morgan fingerprint density at radius 3 is 2.38 bits per heavy atom. The van der Waals surface area contributed by atoms with Gasteiger partial charge in [0.1, 0.15) is 6.04 Å². The first-order chi connectivity index (χ1) is 18.5. The van der Waals surface area contributed by atoms with Crippen LogP contribution in [0.15, 0.2) is 71.9 Å². The molecule has 204 valence electrons. The number of halogens is 4. The fourth-order valence-corrected chi connectivity index (χ4v) is 4.76. The number of aromatic amines is 1. The summed E-state index contributed by atoms with van der Waals surface area (Å²) in [5.41, 5.74) is 7.20. The summed E-state index contributed by atoms with van der Waals surface area (Å²) in [5, 5.41) is 3.48. The van der Waals surface area contributed by atoms with Crippen LogP contribution in [0.3, 0.4) is 0 Å². The SMILES string of the molecule is CC(C)C(Nc1ccc(C(F)(F)F)cc1Cl)C(=O)NNC(=O)c1ccc(CSc2nc3ccccc3[nH]2)cc1. The fraction of sp³-hybridized carbons (Fsp3) is 0.222. The van der Waals surface area contributed by atoms with Crippen molar-refractivity contribution in [3.05, 3.63) is 88.4 Å². The average molecular weight is 576 g/mol. The van der Waals surface area contributed by atoms with Gasteiger partial charge in [-0.15, -0.1) is 0 Å². The number of nitrogens with one attached hydrogen (secondary N) is 4. The Hall–Kier alpha value is -3.70. The third-order valence-electron chi connectivity index (χ3n) is 5.82. The Bertz CT molecular complexity index is 1440. The number of benzene rings is 3. The molecule has 0 aliphatic rings. The maximum Gasteiger partial charge on any atom is 0.416 e. The van der Waals surface area contributed by atoms with E-state index < -0.39 is 29.6 Å². The fourth-order valence-electron chi connectivity index (χ4n) is 3.68. The summed E-state index contributed by atoms with van der Waals surface area (Å²) in [7, 11) is 0. The summed E-state index contributed by atoms with van der Waals surface area (Å²) in [5.74, 6) is -0.723. The molecule has 4 rings (SSSR count).